The summed E-state index contributed by atoms with van der Waals surface area (Å²) in [5.74, 6) is -0.160. The Morgan fingerprint density at radius 2 is 1.89 bits per heavy atom. The Labute approximate surface area is 165 Å². The molecule has 0 spiro atoms. The molecule has 1 saturated heterocycles. The number of aromatic nitrogens is 2. The van der Waals surface area contributed by atoms with Gasteiger partial charge in [0, 0.05) is 44.0 Å². The number of hydrogen-bond acceptors (Lipinski definition) is 7. The fourth-order valence-corrected chi connectivity index (χ4v) is 5.82. The van der Waals surface area contributed by atoms with Gasteiger partial charge < -0.3 is 4.90 Å². The van der Waals surface area contributed by atoms with Gasteiger partial charge in [-0.2, -0.15) is 4.31 Å². The van der Waals surface area contributed by atoms with E-state index in [0.29, 0.717) is 18.8 Å². The second-order valence-corrected chi connectivity index (χ2v) is 9.64. The molecular weight excluding hydrogens is 404 g/mol. The number of thiophene rings is 1. The van der Waals surface area contributed by atoms with Crippen LogP contribution in [0, 0.1) is 0 Å². The molecule has 0 aliphatic carbocycles. The molecule has 1 amide bonds. The van der Waals surface area contributed by atoms with Gasteiger partial charge in [0.25, 0.3) is 5.91 Å². The van der Waals surface area contributed by atoms with E-state index in [1.165, 1.54) is 34.1 Å². The van der Waals surface area contributed by atoms with Crippen LogP contribution in [0.1, 0.15) is 10.5 Å². The van der Waals surface area contributed by atoms with Gasteiger partial charge in [-0.3, -0.25) is 9.78 Å². The summed E-state index contributed by atoms with van der Waals surface area (Å²) in [6.45, 7) is 1.18. The maximum atomic E-state index is 12.7. The van der Waals surface area contributed by atoms with Crippen LogP contribution in [0.15, 0.2) is 52.3 Å². The van der Waals surface area contributed by atoms with E-state index in [4.69, 9.17) is 0 Å². The molecule has 1 fully saturated rings. The van der Waals surface area contributed by atoms with Crippen molar-refractivity contribution in [2.24, 2.45) is 0 Å². The van der Waals surface area contributed by atoms with Crippen molar-refractivity contribution < 1.29 is 13.2 Å². The van der Waals surface area contributed by atoms with Gasteiger partial charge in [0.15, 0.2) is 0 Å². The number of amides is 1. The van der Waals surface area contributed by atoms with Crippen molar-refractivity contribution in [2.75, 3.05) is 26.2 Å². The van der Waals surface area contributed by atoms with Crippen LogP contribution in [-0.2, 0) is 10.0 Å². The van der Waals surface area contributed by atoms with Gasteiger partial charge in [-0.15, -0.1) is 22.7 Å². The summed E-state index contributed by atoms with van der Waals surface area (Å²) in [6, 6.07) is 7.05. The second kappa shape index (κ2) is 7.47. The van der Waals surface area contributed by atoms with E-state index in [-0.39, 0.29) is 23.9 Å². The van der Waals surface area contributed by atoms with Gasteiger partial charge in [0.2, 0.25) is 10.0 Å². The highest BCUT2D eigenvalue weighted by Crippen LogP contribution is 2.28. The minimum atomic E-state index is -3.58. The highest BCUT2D eigenvalue weighted by atomic mass is 32.2. The molecule has 3 aromatic heterocycles. The fourth-order valence-electron chi connectivity index (χ4n) is 2.83. The van der Waals surface area contributed by atoms with Gasteiger partial charge in [0.05, 0.1) is 4.88 Å². The number of piperazine rings is 1. The molecule has 0 radical (unpaired) electrons. The Hall–Kier alpha value is -2.14. The van der Waals surface area contributed by atoms with Gasteiger partial charge >= 0.3 is 0 Å². The van der Waals surface area contributed by atoms with Crippen molar-refractivity contribution >= 4 is 38.6 Å². The Balaban J connectivity index is 1.43. The number of hydrogen-bond donors (Lipinski definition) is 0. The number of rotatable bonds is 4. The normalized spacial score (nSPS) is 15.8. The maximum Gasteiger partial charge on any atom is 0.273 e. The number of carbonyl (C=O) groups excluding carboxylic acids is 1. The van der Waals surface area contributed by atoms with Crippen LogP contribution in [-0.4, -0.2) is 59.7 Å². The van der Waals surface area contributed by atoms with Gasteiger partial charge in [-0.1, -0.05) is 6.07 Å². The van der Waals surface area contributed by atoms with Crippen molar-refractivity contribution in [2.45, 2.75) is 4.90 Å². The van der Waals surface area contributed by atoms with Crippen LogP contribution in [0.3, 0.4) is 0 Å². The number of nitrogens with zero attached hydrogens (tertiary/aromatic N) is 4. The molecule has 4 rings (SSSR count). The first-order valence-corrected chi connectivity index (χ1v) is 11.4. The first kappa shape index (κ1) is 18.2. The van der Waals surface area contributed by atoms with Crippen LogP contribution in [0.5, 0.6) is 0 Å². The summed E-state index contributed by atoms with van der Waals surface area (Å²) in [4.78, 5) is 23.9. The predicted molar refractivity (Wildman–Crippen MR) is 104 cm³/mol. The standard InChI is InChI=1S/C17H16N4O3S3/c22-17(14-12-26-16(19-14)15-4-2-10-25-15)20-6-8-21(9-7-20)27(23,24)13-3-1-5-18-11-13/h1-5,10-12H,6-9H2. The fraction of sp³-hybridized carbons (Fsp3) is 0.235. The number of pyridine rings is 1. The van der Waals surface area contributed by atoms with E-state index in [1.807, 2.05) is 17.5 Å². The number of sulfonamides is 1. The van der Waals surface area contributed by atoms with Crippen LogP contribution in [0.4, 0.5) is 0 Å². The van der Waals surface area contributed by atoms with E-state index in [1.54, 1.807) is 27.7 Å². The molecule has 0 unspecified atom stereocenters. The second-order valence-electron chi connectivity index (χ2n) is 5.90. The number of thiazole rings is 1. The van der Waals surface area contributed by atoms with E-state index in [2.05, 4.69) is 9.97 Å². The highest BCUT2D eigenvalue weighted by molar-refractivity contribution is 7.89. The summed E-state index contributed by atoms with van der Waals surface area (Å²) < 4.78 is 26.7. The minimum Gasteiger partial charge on any atom is -0.335 e. The lowest BCUT2D eigenvalue weighted by Gasteiger charge is -2.33. The molecule has 27 heavy (non-hydrogen) atoms. The molecule has 0 bridgehead atoms. The van der Waals surface area contributed by atoms with Crippen molar-refractivity contribution in [3.05, 3.63) is 53.1 Å². The molecule has 7 nitrogen and oxygen atoms in total. The van der Waals surface area contributed by atoms with Gasteiger partial charge in [0.1, 0.15) is 15.6 Å². The Kier molecular flexibility index (Phi) is 5.04. The third-order valence-electron chi connectivity index (χ3n) is 4.25. The average Bonchev–Trinajstić information content (AvgIpc) is 3.40. The summed E-state index contributed by atoms with van der Waals surface area (Å²) in [7, 11) is -3.58. The molecule has 140 valence electrons. The molecule has 3 aromatic rings. The van der Waals surface area contributed by atoms with E-state index in [9.17, 15) is 13.2 Å². The summed E-state index contributed by atoms with van der Waals surface area (Å²) in [5, 5.41) is 4.56. The Bertz CT molecular complexity index is 1020. The minimum absolute atomic E-state index is 0.160. The summed E-state index contributed by atoms with van der Waals surface area (Å²) in [6.07, 6.45) is 2.88. The van der Waals surface area contributed by atoms with Crippen LogP contribution < -0.4 is 0 Å². The highest BCUT2D eigenvalue weighted by Gasteiger charge is 2.31. The molecule has 10 heteroatoms. The third kappa shape index (κ3) is 3.65. The molecule has 1 aliphatic heterocycles. The summed E-state index contributed by atoms with van der Waals surface area (Å²) in [5.41, 5.74) is 0.409. The zero-order valence-corrected chi connectivity index (χ0v) is 16.6. The first-order chi connectivity index (χ1) is 13.1. The maximum absolute atomic E-state index is 12.7. The molecular formula is C17H16N4O3S3. The first-order valence-electron chi connectivity index (χ1n) is 8.24. The van der Waals surface area contributed by atoms with Crippen molar-refractivity contribution in [3.8, 4) is 9.88 Å². The third-order valence-corrected chi connectivity index (χ3v) is 8.02. The lowest BCUT2D eigenvalue weighted by atomic mass is 10.3. The Morgan fingerprint density at radius 3 is 2.56 bits per heavy atom. The van der Waals surface area contributed by atoms with E-state index >= 15 is 0 Å². The molecule has 0 aromatic carbocycles. The molecule has 0 atom stereocenters. The smallest absolute Gasteiger partial charge is 0.273 e. The SMILES string of the molecule is O=C(c1csc(-c2cccs2)n1)N1CCN(S(=O)(=O)c2cccnc2)CC1. The lowest BCUT2D eigenvalue weighted by molar-refractivity contribution is 0.0693. The van der Waals surface area contributed by atoms with Crippen molar-refractivity contribution in [3.63, 3.8) is 0 Å². The number of carbonyl (C=O) groups is 1. The quantitative estimate of drug-likeness (QED) is 0.647. The molecule has 4 heterocycles. The van der Waals surface area contributed by atoms with Crippen LogP contribution in [0.25, 0.3) is 9.88 Å². The summed E-state index contributed by atoms with van der Waals surface area (Å²) >= 11 is 3.02. The van der Waals surface area contributed by atoms with Crippen molar-refractivity contribution in [1.29, 1.82) is 0 Å². The van der Waals surface area contributed by atoms with Crippen LogP contribution in [0.2, 0.25) is 0 Å². The van der Waals surface area contributed by atoms with Gasteiger partial charge in [-0.05, 0) is 23.6 Å². The van der Waals surface area contributed by atoms with Gasteiger partial charge in [-0.25, -0.2) is 13.4 Å². The Morgan fingerprint density at radius 1 is 1.07 bits per heavy atom. The zero-order valence-electron chi connectivity index (χ0n) is 14.2. The van der Waals surface area contributed by atoms with E-state index < -0.39 is 10.0 Å². The predicted octanol–water partition coefficient (Wildman–Crippen LogP) is 2.41. The molecule has 1 aliphatic rings. The molecule has 0 saturated carbocycles. The average molecular weight is 421 g/mol. The zero-order chi connectivity index (χ0) is 18.9. The largest absolute Gasteiger partial charge is 0.335 e. The van der Waals surface area contributed by atoms with E-state index in [0.717, 1.165) is 9.88 Å². The lowest BCUT2D eigenvalue weighted by Crippen LogP contribution is -2.50. The molecule has 0 N–H and O–H groups in total. The monoisotopic (exact) mass is 420 g/mol. The van der Waals surface area contributed by atoms with Crippen molar-refractivity contribution in [1.82, 2.24) is 19.2 Å². The van der Waals surface area contributed by atoms with Crippen LogP contribution >= 0.6 is 22.7 Å². The topological polar surface area (TPSA) is 83.5 Å².